The summed E-state index contributed by atoms with van der Waals surface area (Å²) in [5, 5.41) is -0.00108. The van der Waals surface area contributed by atoms with Gasteiger partial charge >= 0.3 is 5.97 Å². The van der Waals surface area contributed by atoms with Gasteiger partial charge in [0.15, 0.2) is 15.9 Å². The molecule has 0 bridgehead atoms. The minimum atomic E-state index is -3.54. The SMILES string of the molecule is C[C@H](OC(=O)c1cc(S(C)(=O)=O)ccc1Cl)C(=O)c1ccc(F)cc1. The van der Waals surface area contributed by atoms with Crippen LogP contribution in [-0.2, 0) is 14.6 Å². The Bertz CT molecular complexity index is 923. The number of benzene rings is 2. The van der Waals surface area contributed by atoms with E-state index < -0.39 is 33.5 Å². The average molecular weight is 385 g/mol. The van der Waals surface area contributed by atoms with E-state index in [9.17, 15) is 22.4 Å². The first-order valence-electron chi connectivity index (χ1n) is 7.10. The molecule has 0 amide bonds. The molecule has 0 saturated heterocycles. The summed E-state index contributed by atoms with van der Waals surface area (Å²) in [7, 11) is -3.54. The van der Waals surface area contributed by atoms with Crippen LogP contribution in [-0.4, -0.2) is 32.5 Å². The van der Waals surface area contributed by atoms with Crippen molar-refractivity contribution < 1.29 is 27.1 Å². The molecular formula is C17H14ClFO5S. The van der Waals surface area contributed by atoms with Crippen LogP contribution in [0.1, 0.15) is 27.6 Å². The highest BCUT2D eigenvalue weighted by Gasteiger charge is 2.23. The number of ketones is 1. The highest BCUT2D eigenvalue weighted by molar-refractivity contribution is 7.90. The Hall–Kier alpha value is -2.25. The van der Waals surface area contributed by atoms with Gasteiger partial charge in [-0.3, -0.25) is 4.79 Å². The van der Waals surface area contributed by atoms with Gasteiger partial charge in [-0.2, -0.15) is 0 Å². The lowest BCUT2D eigenvalue weighted by Crippen LogP contribution is -2.24. The number of ether oxygens (including phenoxy) is 1. The van der Waals surface area contributed by atoms with Crippen LogP contribution in [0.2, 0.25) is 5.02 Å². The Balaban J connectivity index is 2.21. The first-order valence-corrected chi connectivity index (χ1v) is 9.37. The van der Waals surface area contributed by atoms with Gasteiger partial charge in [-0.15, -0.1) is 0 Å². The van der Waals surface area contributed by atoms with Gasteiger partial charge in [-0.25, -0.2) is 17.6 Å². The molecule has 2 aromatic carbocycles. The van der Waals surface area contributed by atoms with Gasteiger partial charge in [-0.1, -0.05) is 11.6 Å². The van der Waals surface area contributed by atoms with Crippen LogP contribution >= 0.6 is 11.6 Å². The molecule has 2 rings (SSSR count). The molecule has 0 aliphatic heterocycles. The molecule has 0 heterocycles. The number of carbonyl (C=O) groups is 2. The maximum atomic E-state index is 12.9. The lowest BCUT2D eigenvalue weighted by Gasteiger charge is -2.13. The summed E-state index contributed by atoms with van der Waals surface area (Å²) in [4.78, 5) is 24.3. The highest BCUT2D eigenvalue weighted by atomic mass is 35.5. The molecule has 0 radical (unpaired) electrons. The van der Waals surface area contributed by atoms with Gasteiger partial charge in [0.05, 0.1) is 15.5 Å². The molecule has 0 N–H and O–H groups in total. The van der Waals surface area contributed by atoms with Crippen molar-refractivity contribution in [2.75, 3.05) is 6.26 Å². The van der Waals surface area contributed by atoms with E-state index in [-0.39, 0.29) is 21.0 Å². The van der Waals surface area contributed by atoms with Crippen LogP contribution in [0.5, 0.6) is 0 Å². The van der Waals surface area contributed by atoms with E-state index >= 15 is 0 Å². The Morgan fingerprint density at radius 1 is 1.12 bits per heavy atom. The molecule has 0 saturated carbocycles. The molecule has 132 valence electrons. The van der Waals surface area contributed by atoms with Crippen molar-refractivity contribution >= 4 is 33.2 Å². The molecule has 0 aromatic heterocycles. The summed E-state index contributed by atoms with van der Waals surface area (Å²) in [6.45, 7) is 1.36. The van der Waals surface area contributed by atoms with Crippen molar-refractivity contribution in [2.24, 2.45) is 0 Å². The standard InChI is InChI=1S/C17H14ClFO5S/c1-10(16(20)11-3-5-12(19)6-4-11)24-17(21)14-9-13(25(2,22)23)7-8-15(14)18/h3-10H,1-2H3/t10-/m0/s1. The second-order valence-corrected chi connectivity index (χ2v) is 7.76. The number of Topliss-reactive ketones (excluding diaryl/α,β-unsaturated/α-hetero) is 1. The van der Waals surface area contributed by atoms with E-state index in [1.807, 2.05) is 0 Å². The molecule has 0 aliphatic carbocycles. The van der Waals surface area contributed by atoms with Crippen molar-refractivity contribution in [1.29, 1.82) is 0 Å². The number of rotatable bonds is 5. The minimum Gasteiger partial charge on any atom is -0.451 e. The second-order valence-electron chi connectivity index (χ2n) is 5.33. The number of esters is 1. The van der Waals surface area contributed by atoms with Gasteiger partial charge in [0.1, 0.15) is 5.82 Å². The Morgan fingerprint density at radius 3 is 2.28 bits per heavy atom. The average Bonchev–Trinajstić information content (AvgIpc) is 2.54. The lowest BCUT2D eigenvalue weighted by molar-refractivity contribution is 0.0318. The summed E-state index contributed by atoms with van der Waals surface area (Å²) in [6, 6.07) is 8.42. The van der Waals surface area contributed by atoms with E-state index in [4.69, 9.17) is 16.3 Å². The van der Waals surface area contributed by atoms with E-state index in [1.165, 1.54) is 31.2 Å². The monoisotopic (exact) mass is 384 g/mol. The normalized spacial score (nSPS) is 12.5. The van der Waals surface area contributed by atoms with Gasteiger partial charge in [0.25, 0.3) is 0 Å². The molecule has 5 nitrogen and oxygen atoms in total. The fourth-order valence-electron chi connectivity index (χ4n) is 2.02. The van der Waals surface area contributed by atoms with Gasteiger partial charge in [0, 0.05) is 11.8 Å². The fourth-order valence-corrected chi connectivity index (χ4v) is 2.86. The zero-order chi connectivity index (χ0) is 18.8. The number of carbonyl (C=O) groups excluding carboxylic acids is 2. The molecule has 1 atom stereocenters. The number of hydrogen-bond donors (Lipinski definition) is 0. The predicted octanol–water partition coefficient (Wildman–Crippen LogP) is 3.31. The lowest BCUT2D eigenvalue weighted by atomic mass is 10.1. The number of halogens is 2. The van der Waals surface area contributed by atoms with Crippen molar-refractivity contribution in [3.63, 3.8) is 0 Å². The molecule has 0 aliphatic rings. The van der Waals surface area contributed by atoms with Crippen molar-refractivity contribution in [2.45, 2.75) is 17.9 Å². The van der Waals surface area contributed by atoms with Gasteiger partial charge in [0.2, 0.25) is 5.78 Å². The quantitative estimate of drug-likeness (QED) is 0.583. The number of sulfone groups is 1. The van der Waals surface area contributed by atoms with E-state index in [0.717, 1.165) is 24.5 Å². The van der Waals surface area contributed by atoms with Crippen molar-refractivity contribution in [3.05, 3.63) is 64.4 Å². The Labute approximate surface area is 149 Å². The summed E-state index contributed by atoms with van der Waals surface area (Å²) < 4.78 is 41.1. The molecule has 25 heavy (non-hydrogen) atoms. The maximum Gasteiger partial charge on any atom is 0.340 e. The van der Waals surface area contributed by atoms with Crippen LogP contribution in [0.15, 0.2) is 47.4 Å². The molecule has 8 heteroatoms. The van der Waals surface area contributed by atoms with E-state index in [2.05, 4.69) is 0 Å². The molecule has 2 aromatic rings. The summed E-state index contributed by atoms with van der Waals surface area (Å²) >= 11 is 5.92. The highest BCUT2D eigenvalue weighted by Crippen LogP contribution is 2.22. The summed E-state index contributed by atoms with van der Waals surface area (Å²) in [6.07, 6.45) is -0.164. The van der Waals surface area contributed by atoms with Crippen LogP contribution < -0.4 is 0 Å². The van der Waals surface area contributed by atoms with Crippen LogP contribution in [0.4, 0.5) is 4.39 Å². The third-order valence-electron chi connectivity index (χ3n) is 3.37. The second kappa shape index (κ2) is 7.33. The van der Waals surface area contributed by atoms with Gasteiger partial charge < -0.3 is 4.74 Å². The smallest absolute Gasteiger partial charge is 0.340 e. The van der Waals surface area contributed by atoms with Gasteiger partial charge in [-0.05, 0) is 49.4 Å². The summed E-state index contributed by atoms with van der Waals surface area (Å²) in [5.41, 5.74) is 0.0148. The van der Waals surface area contributed by atoms with E-state index in [0.29, 0.717) is 0 Å². The minimum absolute atomic E-state index is 0.00108. The molecule has 0 fully saturated rings. The fraction of sp³-hybridized carbons (Fsp3) is 0.176. The molecule has 0 spiro atoms. The maximum absolute atomic E-state index is 12.9. The van der Waals surface area contributed by atoms with Crippen LogP contribution in [0, 0.1) is 5.82 Å². The van der Waals surface area contributed by atoms with E-state index in [1.54, 1.807) is 0 Å². The first-order chi connectivity index (χ1) is 11.6. The van der Waals surface area contributed by atoms with Crippen LogP contribution in [0.25, 0.3) is 0 Å². The molecular weight excluding hydrogens is 371 g/mol. The number of hydrogen-bond acceptors (Lipinski definition) is 5. The summed E-state index contributed by atoms with van der Waals surface area (Å²) in [5.74, 6) is -1.95. The third-order valence-corrected chi connectivity index (χ3v) is 4.81. The third kappa shape index (κ3) is 4.64. The zero-order valence-electron chi connectivity index (χ0n) is 13.3. The Morgan fingerprint density at radius 2 is 1.72 bits per heavy atom. The zero-order valence-corrected chi connectivity index (χ0v) is 14.9. The topological polar surface area (TPSA) is 77.5 Å². The van der Waals surface area contributed by atoms with Crippen molar-refractivity contribution in [1.82, 2.24) is 0 Å². The predicted molar refractivity (Wildman–Crippen MR) is 90.2 cm³/mol. The first kappa shape index (κ1) is 19.1. The van der Waals surface area contributed by atoms with Crippen molar-refractivity contribution in [3.8, 4) is 0 Å². The largest absolute Gasteiger partial charge is 0.451 e. The molecule has 0 unspecified atom stereocenters. The van der Waals surface area contributed by atoms with Crippen LogP contribution in [0.3, 0.4) is 0 Å². The Kier molecular flexibility index (Phi) is 5.59.